The molecule has 1 fully saturated rings. The van der Waals surface area contributed by atoms with Crippen LogP contribution in [0.3, 0.4) is 0 Å². The van der Waals surface area contributed by atoms with Gasteiger partial charge in [-0.3, -0.25) is 9.58 Å². The Hall–Kier alpha value is -0.870. The van der Waals surface area contributed by atoms with Crippen LogP contribution in [0.4, 0.5) is 0 Å². The number of piperidine rings is 1. The fourth-order valence-corrected chi connectivity index (χ4v) is 2.53. The van der Waals surface area contributed by atoms with E-state index in [1.165, 1.54) is 31.5 Å². The first-order chi connectivity index (χ1) is 7.81. The zero-order valence-corrected chi connectivity index (χ0v) is 10.1. The van der Waals surface area contributed by atoms with Crippen LogP contribution in [-0.4, -0.2) is 40.4 Å². The molecule has 2 N–H and O–H groups in total. The molecule has 0 saturated carbocycles. The fourth-order valence-electron chi connectivity index (χ4n) is 2.53. The first-order valence-electron chi connectivity index (χ1n) is 6.22. The Labute approximate surface area is 97.4 Å². The van der Waals surface area contributed by atoms with E-state index in [1.54, 1.807) is 0 Å². The third kappa shape index (κ3) is 2.62. The molecule has 2 heterocycles. The summed E-state index contributed by atoms with van der Waals surface area (Å²) in [5, 5.41) is 4.19. The van der Waals surface area contributed by atoms with Gasteiger partial charge in [0.1, 0.15) is 0 Å². The third-order valence-electron chi connectivity index (χ3n) is 3.60. The molecule has 16 heavy (non-hydrogen) atoms. The van der Waals surface area contributed by atoms with Crippen LogP contribution in [-0.2, 0) is 13.5 Å². The molecule has 4 heteroatoms. The van der Waals surface area contributed by atoms with Crippen molar-refractivity contribution in [3.8, 4) is 0 Å². The second kappa shape index (κ2) is 5.46. The van der Waals surface area contributed by atoms with E-state index in [9.17, 15) is 0 Å². The van der Waals surface area contributed by atoms with Gasteiger partial charge in [0.15, 0.2) is 0 Å². The van der Waals surface area contributed by atoms with Crippen LogP contribution in [0.5, 0.6) is 0 Å². The number of likely N-dealkylation sites (tertiary alicyclic amines) is 1. The molecule has 1 unspecified atom stereocenters. The smallest absolute Gasteiger partial charge is 0.0492 e. The molecule has 0 spiro atoms. The van der Waals surface area contributed by atoms with Crippen LogP contribution in [0.25, 0.3) is 0 Å². The van der Waals surface area contributed by atoms with Crippen molar-refractivity contribution in [2.45, 2.75) is 31.7 Å². The van der Waals surface area contributed by atoms with Gasteiger partial charge in [-0.1, -0.05) is 6.42 Å². The zero-order chi connectivity index (χ0) is 11.4. The molecule has 1 atom stereocenters. The van der Waals surface area contributed by atoms with Gasteiger partial charge in [-0.2, -0.15) is 5.10 Å². The molecule has 2 rings (SSSR count). The van der Waals surface area contributed by atoms with Gasteiger partial charge >= 0.3 is 0 Å². The number of aryl methyl sites for hydroxylation is 1. The highest BCUT2D eigenvalue weighted by Crippen LogP contribution is 2.16. The number of hydrogen-bond donors (Lipinski definition) is 1. The van der Waals surface area contributed by atoms with Crippen molar-refractivity contribution >= 4 is 0 Å². The fraction of sp³-hybridized carbons (Fsp3) is 0.750. The second-order valence-corrected chi connectivity index (χ2v) is 4.62. The quantitative estimate of drug-likeness (QED) is 0.819. The maximum Gasteiger partial charge on any atom is 0.0492 e. The molecule has 0 radical (unpaired) electrons. The summed E-state index contributed by atoms with van der Waals surface area (Å²) in [6, 6.07) is 2.70. The molecule has 0 bridgehead atoms. The molecule has 0 aromatic carbocycles. The standard InChI is InChI=1S/C12H22N4/c1-15-11(5-7-14-15)6-9-16-8-3-2-4-12(16)10-13/h5,7,12H,2-4,6,8-10,13H2,1H3. The Morgan fingerprint density at radius 2 is 2.38 bits per heavy atom. The third-order valence-corrected chi connectivity index (χ3v) is 3.60. The topological polar surface area (TPSA) is 47.1 Å². The molecular formula is C12H22N4. The lowest BCUT2D eigenvalue weighted by molar-refractivity contribution is 0.154. The van der Waals surface area contributed by atoms with Crippen molar-refractivity contribution in [3.05, 3.63) is 18.0 Å². The summed E-state index contributed by atoms with van der Waals surface area (Å²) < 4.78 is 1.96. The number of nitrogens with two attached hydrogens (primary N) is 1. The van der Waals surface area contributed by atoms with E-state index in [0.29, 0.717) is 6.04 Å². The number of hydrogen-bond acceptors (Lipinski definition) is 3. The van der Waals surface area contributed by atoms with Gasteiger partial charge in [-0.05, 0) is 25.5 Å². The molecule has 4 nitrogen and oxygen atoms in total. The van der Waals surface area contributed by atoms with E-state index in [4.69, 9.17) is 5.73 Å². The number of aromatic nitrogens is 2. The summed E-state index contributed by atoms with van der Waals surface area (Å²) in [5.41, 5.74) is 7.12. The average molecular weight is 222 g/mol. The van der Waals surface area contributed by atoms with Gasteiger partial charge in [0.2, 0.25) is 0 Å². The predicted octanol–water partition coefficient (Wildman–Crippen LogP) is 0.776. The molecule has 1 aromatic rings. The summed E-state index contributed by atoms with van der Waals surface area (Å²) in [5.74, 6) is 0. The van der Waals surface area contributed by atoms with Crippen LogP contribution in [0.15, 0.2) is 12.3 Å². The van der Waals surface area contributed by atoms with Crippen LogP contribution in [0.1, 0.15) is 25.0 Å². The monoisotopic (exact) mass is 222 g/mol. The first kappa shape index (κ1) is 11.6. The van der Waals surface area contributed by atoms with E-state index in [-0.39, 0.29) is 0 Å². The lowest BCUT2D eigenvalue weighted by Crippen LogP contribution is -2.44. The summed E-state index contributed by atoms with van der Waals surface area (Å²) in [7, 11) is 2.01. The van der Waals surface area contributed by atoms with Gasteiger partial charge in [-0.25, -0.2) is 0 Å². The van der Waals surface area contributed by atoms with Crippen LogP contribution in [0.2, 0.25) is 0 Å². The normalized spacial score (nSPS) is 22.5. The van der Waals surface area contributed by atoms with Crippen molar-refractivity contribution in [2.24, 2.45) is 12.8 Å². The second-order valence-electron chi connectivity index (χ2n) is 4.62. The SMILES string of the molecule is Cn1nccc1CCN1CCCCC1CN. The Morgan fingerprint density at radius 3 is 3.06 bits per heavy atom. The van der Waals surface area contributed by atoms with Crippen molar-refractivity contribution < 1.29 is 0 Å². The van der Waals surface area contributed by atoms with Crippen molar-refractivity contribution in [1.82, 2.24) is 14.7 Å². The molecule has 0 amide bonds. The van der Waals surface area contributed by atoms with E-state index in [2.05, 4.69) is 16.1 Å². The molecule has 1 aliphatic rings. The zero-order valence-electron chi connectivity index (χ0n) is 10.1. The lowest BCUT2D eigenvalue weighted by atomic mass is 10.0. The molecule has 1 aromatic heterocycles. The van der Waals surface area contributed by atoms with Crippen LogP contribution < -0.4 is 5.73 Å². The lowest BCUT2D eigenvalue weighted by Gasteiger charge is -2.34. The highest BCUT2D eigenvalue weighted by atomic mass is 15.3. The van der Waals surface area contributed by atoms with Crippen molar-refractivity contribution in [1.29, 1.82) is 0 Å². The highest BCUT2D eigenvalue weighted by molar-refractivity contribution is 5.00. The minimum atomic E-state index is 0.599. The maximum atomic E-state index is 5.81. The summed E-state index contributed by atoms with van der Waals surface area (Å²) in [6.07, 6.45) is 6.87. The van der Waals surface area contributed by atoms with E-state index in [0.717, 1.165) is 19.5 Å². The predicted molar refractivity (Wildman–Crippen MR) is 65.2 cm³/mol. The minimum Gasteiger partial charge on any atom is -0.329 e. The van der Waals surface area contributed by atoms with Gasteiger partial charge in [0.25, 0.3) is 0 Å². The van der Waals surface area contributed by atoms with E-state index >= 15 is 0 Å². The van der Waals surface area contributed by atoms with Crippen molar-refractivity contribution in [2.75, 3.05) is 19.6 Å². The molecule has 90 valence electrons. The summed E-state index contributed by atoms with van der Waals surface area (Å²) in [6.45, 7) is 3.12. The van der Waals surface area contributed by atoms with E-state index in [1.807, 2.05) is 17.9 Å². The number of rotatable bonds is 4. The van der Waals surface area contributed by atoms with Gasteiger partial charge in [0.05, 0.1) is 0 Å². The Kier molecular flexibility index (Phi) is 3.96. The first-order valence-corrected chi connectivity index (χ1v) is 6.22. The maximum absolute atomic E-state index is 5.81. The Balaban J connectivity index is 1.86. The molecule has 1 aliphatic heterocycles. The minimum absolute atomic E-state index is 0.599. The average Bonchev–Trinajstić information content (AvgIpc) is 2.72. The van der Waals surface area contributed by atoms with Crippen LogP contribution in [0, 0.1) is 0 Å². The van der Waals surface area contributed by atoms with Gasteiger partial charge in [-0.15, -0.1) is 0 Å². The summed E-state index contributed by atoms with van der Waals surface area (Å²) in [4.78, 5) is 2.54. The Bertz CT molecular complexity index is 321. The molecular weight excluding hydrogens is 200 g/mol. The Morgan fingerprint density at radius 1 is 1.50 bits per heavy atom. The van der Waals surface area contributed by atoms with E-state index < -0.39 is 0 Å². The highest BCUT2D eigenvalue weighted by Gasteiger charge is 2.20. The van der Waals surface area contributed by atoms with Crippen molar-refractivity contribution in [3.63, 3.8) is 0 Å². The number of nitrogens with zero attached hydrogens (tertiary/aromatic N) is 3. The molecule has 1 saturated heterocycles. The molecule has 0 aliphatic carbocycles. The largest absolute Gasteiger partial charge is 0.329 e. The van der Waals surface area contributed by atoms with Crippen LogP contribution >= 0.6 is 0 Å². The summed E-state index contributed by atoms with van der Waals surface area (Å²) >= 11 is 0. The van der Waals surface area contributed by atoms with Gasteiger partial charge < -0.3 is 5.73 Å². The van der Waals surface area contributed by atoms with Gasteiger partial charge in [0, 0.05) is 44.5 Å².